The van der Waals surface area contributed by atoms with Gasteiger partial charge in [0.05, 0.1) is 19.3 Å². The zero-order chi connectivity index (χ0) is 12.8. The summed E-state index contributed by atoms with van der Waals surface area (Å²) in [7, 11) is 0. The van der Waals surface area contributed by atoms with Crippen molar-refractivity contribution in [2.45, 2.75) is 63.9 Å². The predicted octanol–water partition coefficient (Wildman–Crippen LogP) is 2.50. The second-order valence-electron chi connectivity index (χ2n) is 6.19. The Balaban J connectivity index is 1.80. The van der Waals surface area contributed by atoms with E-state index in [-0.39, 0.29) is 18.6 Å². The Labute approximate surface area is 111 Å². The summed E-state index contributed by atoms with van der Waals surface area (Å²) in [6.07, 6.45) is 10.8. The minimum atomic E-state index is -0.227. The molecule has 0 bridgehead atoms. The van der Waals surface area contributed by atoms with E-state index in [1.54, 1.807) is 0 Å². The van der Waals surface area contributed by atoms with Crippen molar-refractivity contribution in [3.63, 3.8) is 0 Å². The molecule has 2 rings (SSSR count). The molecule has 0 aromatic carbocycles. The van der Waals surface area contributed by atoms with Crippen molar-refractivity contribution in [3.8, 4) is 0 Å². The minimum absolute atomic E-state index is 0.139. The summed E-state index contributed by atoms with van der Waals surface area (Å²) in [5.41, 5.74) is -0.227. The van der Waals surface area contributed by atoms with Gasteiger partial charge in [0, 0.05) is 12.0 Å². The SMILES string of the molecule is OCC(CO)(CCCC1CCCO1)C1CCCC1. The van der Waals surface area contributed by atoms with Gasteiger partial charge in [-0.25, -0.2) is 0 Å². The largest absolute Gasteiger partial charge is 0.396 e. The van der Waals surface area contributed by atoms with Gasteiger partial charge >= 0.3 is 0 Å². The van der Waals surface area contributed by atoms with Crippen molar-refractivity contribution in [1.82, 2.24) is 0 Å². The van der Waals surface area contributed by atoms with E-state index in [1.807, 2.05) is 0 Å². The monoisotopic (exact) mass is 256 g/mol. The molecule has 2 N–H and O–H groups in total. The average Bonchev–Trinajstić information content (AvgIpc) is 3.08. The first-order valence-corrected chi connectivity index (χ1v) is 7.64. The minimum Gasteiger partial charge on any atom is -0.396 e. The number of aliphatic hydroxyl groups is 2. The van der Waals surface area contributed by atoms with Crippen LogP contribution >= 0.6 is 0 Å². The van der Waals surface area contributed by atoms with Gasteiger partial charge in [0.25, 0.3) is 0 Å². The van der Waals surface area contributed by atoms with Crippen molar-refractivity contribution in [3.05, 3.63) is 0 Å². The van der Waals surface area contributed by atoms with Crippen LogP contribution in [0.3, 0.4) is 0 Å². The molecule has 1 aliphatic carbocycles. The van der Waals surface area contributed by atoms with Crippen LogP contribution in [0.15, 0.2) is 0 Å². The Hall–Kier alpha value is -0.120. The molecule has 3 heteroatoms. The first kappa shape index (κ1) is 14.3. The van der Waals surface area contributed by atoms with Crippen LogP contribution in [-0.4, -0.2) is 36.1 Å². The highest BCUT2D eigenvalue weighted by molar-refractivity contribution is 4.88. The Morgan fingerprint density at radius 1 is 1.00 bits per heavy atom. The molecule has 3 nitrogen and oxygen atoms in total. The normalized spacial score (nSPS) is 26.0. The third kappa shape index (κ3) is 3.25. The van der Waals surface area contributed by atoms with Crippen LogP contribution in [0.5, 0.6) is 0 Å². The van der Waals surface area contributed by atoms with Crippen LogP contribution in [-0.2, 0) is 4.74 Å². The average molecular weight is 256 g/mol. The number of ether oxygens (including phenoxy) is 1. The second kappa shape index (κ2) is 6.88. The van der Waals surface area contributed by atoms with Crippen molar-refractivity contribution in [2.75, 3.05) is 19.8 Å². The van der Waals surface area contributed by atoms with Crippen LogP contribution in [0, 0.1) is 11.3 Å². The second-order valence-corrected chi connectivity index (χ2v) is 6.19. The van der Waals surface area contributed by atoms with Gasteiger partial charge in [-0.2, -0.15) is 0 Å². The van der Waals surface area contributed by atoms with Gasteiger partial charge in [-0.3, -0.25) is 0 Å². The summed E-state index contributed by atoms with van der Waals surface area (Å²) < 4.78 is 5.64. The third-order valence-electron chi connectivity index (χ3n) is 5.08. The number of hydrogen-bond donors (Lipinski definition) is 2. The quantitative estimate of drug-likeness (QED) is 0.736. The molecule has 1 saturated carbocycles. The van der Waals surface area contributed by atoms with Gasteiger partial charge in [0.1, 0.15) is 0 Å². The maximum atomic E-state index is 9.74. The van der Waals surface area contributed by atoms with E-state index >= 15 is 0 Å². The van der Waals surface area contributed by atoms with Gasteiger partial charge in [-0.15, -0.1) is 0 Å². The molecular formula is C15H28O3. The highest BCUT2D eigenvalue weighted by Crippen LogP contribution is 2.43. The van der Waals surface area contributed by atoms with Crippen LogP contribution in [0.1, 0.15) is 57.8 Å². The van der Waals surface area contributed by atoms with E-state index < -0.39 is 0 Å². The molecule has 1 saturated heterocycles. The van der Waals surface area contributed by atoms with Gasteiger partial charge in [-0.05, 0) is 44.4 Å². The van der Waals surface area contributed by atoms with Crippen LogP contribution < -0.4 is 0 Å². The molecule has 2 aliphatic rings. The van der Waals surface area contributed by atoms with E-state index in [1.165, 1.54) is 38.5 Å². The fourth-order valence-corrected chi connectivity index (χ4v) is 3.76. The van der Waals surface area contributed by atoms with E-state index in [9.17, 15) is 10.2 Å². The lowest BCUT2D eigenvalue weighted by Crippen LogP contribution is -2.37. The molecule has 0 aromatic rings. The number of hydrogen-bond acceptors (Lipinski definition) is 3. The predicted molar refractivity (Wildman–Crippen MR) is 71.4 cm³/mol. The van der Waals surface area contributed by atoms with Crippen LogP contribution in [0.2, 0.25) is 0 Å². The van der Waals surface area contributed by atoms with Gasteiger partial charge in [0.15, 0.2) is 0 Å². The zero-order valence-corrected chi connectivity index (χ0v) is 11.4. The van der Waals surface area contributed by atoms with Crippen LogP contribution in [0.4, 0.5) is 0 Å². The molecule has 0 aromatic heterocycles. The van der Waals surface area contributed by atoms with Crippen molar-refractivity contribution < 1.29 is 14.9 Å². The number of rotatable bonds is 7. The molecule has 0 amide bonds. The lowest BCUT2D eigenvalue weighted by molar-refractivity contribution is -0.00667. The van der Waals surface area contributed by atoms with E-state index in [4.69, 9.17) is 4.74 Å². The molecule has 18 heavy (non-hydrogen) atoms. The molecule has 0 radical (unpaired) electrons. The Kier molecular flexibility index (Phi) is 5.46. The smallest absolute Gasteiger partial charge is 0.0576 e. The fraction of sp³-hybridized carbons (Fsp3) is 1.00. The first-order chi connectivity index (χ1) is 8.80. The molecule has 106 valence electrons. The lowest BCUT2D eigenvalue weighted by atomic mass is 9.72. The summed E-state index contributed by atoms with van der Waals surface area (Å²) in [5.74, 6) is 0.525. The molecular weight excluding hydrogens is 228 g/mol. The van der Waals surface area contributed by atoms with Gasteiger partial charge in [-0.1, -0.05) is 19.3 Å². The highest BCUT2D eigenvalue weighted by Gasteiger charge is 2.38. The fourth-order valence-electron chi connectivity index (χ4n) is 3.76. The molecule has 1 atom stereocenters. The molecule has 1 heterocycles. The Morgan fingerprint density at radius 2 is 1.72 bits per heavy atom. The standard InChI is InChI=1S/C15H28O3/c16-11-15(12-17,13-5-1-2-6-13)9-3-7-14-8-4-10-18-14/h13-14,16-17H,1-12H2. The summed E-state index contributed by atoms with van der Waals surface area (Å²) in [6, 6.07) is 0. The number of aliphatic hydroxyl groups excluding tert-OH is 2. The van der Waals surface area contributed by atoms with Crippen molar-refractivity contribution in [1.29, 1.82) is 0 Å². The summed E-state index contributed by atoms with van der Waals surface area (Å²) in [5, 5.41) is 19.5. The molecule has 1 unspecified atom stereocenters. The highest BCUT2D eigenvalue weighted by atomic mass is 16.5. The lowest BCUT2D eigenvalue weighted by Gasteiger charge is -2.36. The molecule has 0 spiro atoms. The topological polar surface area (TPSA) is 49.7 Å². The summed E-state index contributed by atoms with van der Waals surface area (Å²) >= 11 is 0. The van der Waals surface area contributed by atoms with E-state index in [2.05, 4.69) is 0 Å². The third-order valence-corrected chi connectivity index (χ3v) is 5.08. The van der Waals surface area contributed by atoms with Crippen molar-refractivity contribution in [2.24, 2.45) is 11.3 Å². The Morgan fingerprint density at radius 3 is 2.28 bits per heavy atom. The zero-order valence-electron chi connectivity index (χ0n) is 11.4. The van der Waals surface area contributed by atoms with Gasteiger partial charge < -0.3 is 14.9 Å². The summed E-state index contributed by atoms with van der Waals surface area (Å²) in [4.78, 5) is 0. The van der Waals surface area contributed by atoms with Crippen molar-refractivity contribution >= 4 is 0 Å². The summed E-state index contributed by atoms with van der Waals surface area (Å²) in [6.45, 7) is 1.19. The molecule has 2 fully saturated rings. The maximum absolute atomic E-state index is 9.74. The van der Waals surface area contributed by atoms with Gasteiger partial charge in [0.2, 0.25) is 0 Å². The van der Waals surface area contributed by atoms with Crippen LogP contribution in [0.25, 0.3) is 0 Å². The first-order valence-electron chi connectivity index (χ1n) is 7.64. The maximum Gasteiger partial charge on any atom is 0.0576 e. The van der Waals surface area contributed by atoms with E-state index in [0.29, 0.717) is 12.0 Å². The van der Waals surface area contributed by atoms with E-state index in [0.717, 1.165) is 25.9 Å². The molecule has 1 aliphatic heterocycles. The Bertz CT molecular complexity index is 226.